The highest BCUT2D eigenvalue weighted by Crippen LogP contribution is 2.44. The van der Waals surface area contributed by atoms with Crippen LogP contribution in [0.25, 0.3) is 10.9 Å². The van der Waals surface area contributed by atoms with E-state index in [-0.39, 0.29) is 11.9 Å². The van der Waals surface area contributed by atoms with Crippen LogP contribution < -0.4 is 5.32 Å². The van der Waals surface area contributed by atoms with Gasteiger partial charge in [-0.25, -0.2) is 4.79 Å². The number of rotatable bonds is 10. The van der Waals surface area contributed by atoms with Gasteiger partial charge in [0, 0.05) is 17.6 Å². The zero-order chi connectivity index (χ0) is 25.7. The normalized spacial score (nSPS) is 16.5. The number of aromatic nitrogens is 1. The summed E-state index contributed by atoms with van der Waals surface area (Å²) in [4.78, 5) is 37.4. The molecular weight excluding hydrogens is 456 g/mol. The minimum Gasteiger partial charge on any atom is -0.481 e. The first-order valence-corrected chi connectivity index (χ1v) is 12.7. The smallest absolute Gasteiger partial charge is 0.416 e. The lowest BCUT2D eigenvalue weighted by molar-refractivity contribution is -0.144. The number of aryl methyl sites for hydroxylation is 1. The Balaban J connectivity index is 1.46. The van der Waals surface area contributed by atoms with E-state index in [2.05, 4.69) is 5.32 Å². The topological polar surface area (TPSA) is 109 Å². The van der Waals surface area contributed by atoms with Crippen molar-refractivity contribution in [1.82, 2.24) is 9.88 Å². The largest absolute Gasteiger partial charge is 0.481 e. The van der Waals surface area contributed by atoms with Gasteiger partial charge in [-0.3, -0.25) is 14.2 Å². The zero-order valence-electron chi connectivity index (χ0n) is 20.7. The van der Waals surface area contributed by atoms with Crippen molar-refractivity contribution < 1.29 is 24.6 Å². The Morgan fingerprint density at radius 3 is 2.33 bits per heavy atom. The number of fused-ring (bicyclic) bond motifs is 1. The summed E-state index contributed by atoms with van der Waals surface area (Å²) >= 11 is 0. The molecule has 190 valence electrons. The van der Waals surface area contributed by atoms with E-state index in [1.54, 1.807) is 18.3 Å². The Bertz CT molecular complexity index is 1230. The van der Waals surface area contributed by atoms with Crippen LogP contribution in [0.1, 0.15) is 56.6 Å². The van der Waals surface area contributed by atoms with Crippen molar-refractivity contribution in [3.05, 3.63) is 71.9 Å². The molecule has 1 saturated carbocycles. The molecule has 1 aliphatic rings. The molecule has 1 fully saturated rings. The Morgan fingerprint density at radius 2 is 1.67 bits per heavy atom. The van der Waals surface area contributed by atoms with Crippen LogP contribution in [0.3, 0.4) is 0 Å². The van der Waals surface area contributed by atoms with Crippen molar-refractivity contribution in [3.63, 3.8) is 0 Å². The predicted molar refractivity (Wildman–Crippen MR) is 138 cm³/mol. The first kappa shape index (κ1) is 25.5. The fraction of sp³-hybridized carbons (Fsp3) is 0.414. The molecule has 36 heavy (non-hydrogen) atoms. The van der Waals surface area contributed by atoms with E-state index in [1.807, 2.05) is 49.4 Å². The molecule has 1 heterocycles. The molecule has 7 nitrogen and oxygen atoms in total. The van der Waals surface area contributed by atoms with Gasteiger partial charge in [-0.05, 0) is 62.6 Å². The van der Waals surface area contributed by atoms with Crippen molar-refractivity contribution in [3.8, 4) is 0 Å². The van der Waals surface area contributed by atoms with Crippen LogP contribution in [0.4, 0.5) is 4.79 Å². The molecule has 1 amide bonds. The predicted octanol–water partition coefficient (Wildman–Crippen LogP) is 5.50. The Hall–Kier alpha value is -3.61. The number of carbonyl (C=O) groups excluding carboxylic acids is 1. The van der Waals surface area contributed by atoms with Gasteiger partial charge in [-0.15, -0.1) is 0 Å². The molecule has 0 radical (unpaired) electrons. The molecule has 3 N–H and O–H groups in total. The number of para-hydroxylation sites is 1. The molecule has 1 aliphatic carbocycles. The van der Waals surface area contributed by atoms with Crippen LogP contribution in [0, 0.1) is 11.3 Å². The number of nitrogens with zero attached hydrogens (tertiary/aromatic N) is 1. The van der Waals surface area contributed by atoms with E-state index < -0.39 is 23.4 Å². The van der Waals surface area contributed by atoms with Crippen LogP contribution in [0.5, 0.6) is 0 Å². The summed E-state index contributed by atoms with van der Waals surface area (Å²) in [5.41, 5.74) is 1.90. The third kappa shape index (κ3) is 5.61. The minimum absolute atomic E-state index is 0.0829. The van der Waals surface area contributed by atoms with Gasteiger partial charge in [0.25, 0.3) is 0 Å². The maximum atomic E-state index is 13.6. The van der Waals surface area contributed by atoms with Crippen molar-refractivity contribution in [2.75, 3.05) is 0 Å². The minimum atomic E-state index is -1.05. The molecule has 3 aromatic rings. The van der Waals surface area contributed by atoms with E-state index in [9.17, 15) is 24.6 Å². The average Bonchev–Trinajstić information content (AvgIpc) is 3.48. The number of carboxylic acid groups (broad SMARTS) is 2. The van der Waals surface area contributed by atoms with Crippen molar-refractivity contribution in [2.24, 2.45) is 11.3 Å². The quantitative estimate of drug-likeness (QED) is 0.348. The zero-order valence-corrected chi connectivity index (χ0v) is 20.7. The second kappa shape index (κ2) is 11.0. The number of carboxylic acids is 1. The second-order valence-electron chi connectivity index (χ2n) is 10.2. The molecule has 1 unspecified atom stereocenters. The summed E-state index contributed by atoms with van der Waals surface area (Å²) < 4.78 is 1.21. The maximum absolute atomic E-state index is 13.6. The lowest BCUT2D eigenvalue weighted by Crippen LogP contribution is -2.45. The van der Waals surface area contributed by atoms with E-state index in [4.69, 9.17) is 0 Å². The lowest BCUT2D eigenvalue weighted by Gasteiger charge is -2.32. The van der Waals surface area contributed by atoms with Crippen LogP contribution in [0.2, 0.25) is 0 Å². The Morgan fingerprint density at radius 1 is 1.00 bits per heavy atom. The molecule has 0 spiro atoms. The van der Waals surface area contributed by atoms with E-state index in [0.717, 1.165) is 29.4 Å². The summed E-state index contributed by atoms with van der Waals surface area (Å²) in [6.45, 7) is 1.91. The average molecular weight is 491 g/mol. The Labute approximate surface area is 211 Å². The molecule has 2 aromatic carbocycles. The number of aliphatic carboxylic acids is 1. The number of carbonyl (C=O) groups is 3. The summed E-state index contributed by atoms with van der Waals surface area (Å²) in [6, 6.07) is 16.9. The number of amides is 1. The fourth-order valence-corrected chi connectivity index (χ4v) is 5.67. The van der Waals surface area contributed by atoms with Crippen LogP contribution in [0.15, 0.2) is 60.8 Å². The van der Waals surface area contributed by atoms with Crippen LogP contribution >= 0.6 is 0 Å². The number of benzene rings is 2. The third-order valence-electron chi connectivity index (χ3n) is 7.56. The summed E-state index contributed by atoms with van der Waals surface area (Å²) in [5, 5.41) is 23.5. The van der Waals surface area contributed by atoms with Gasteiger partial charge in [0.05, 0.1) is 16.8 Å². The van der Waals surface area contributed by atoms with Gasteiger partial charge < -0.3 is 15.5 Å². The molecule has 2 atom stereocenters. The third-order valence-corrected chi connectivity index (χ3v) is 7.56. The Kier molecular flexibility index (Phi) is 7.77. The van der Waals surface area contributed by atoms with Gasteiger partial charge in [0.15, 0.2) is 0 Å². The number of hydrogen-bond donors (Lipinski definition) is 3. The maximum Gasteiger partial charge on any atom is 0.416 e. The molecule has 0 saturated heterocycles. The standard InChI is InChI=1S/C29H34N2O5/c1-20(17-23-19-31(28(35)36)25-12-6-5-11-24(23)25)30-27(34)29(15-7-8-16-29)18-22(26(32)33)14-13-21-9-3-2-4-10-21/h2-6,9-12,19-20,22H,7-8,13-18H2,1H3,(H,30,34)(H,32,33)(H,35,36)/t20-,22?/m1/s1. The molecule has 1 aromatic heterocycles. The molecule has 7 heteroatoms. The summed E-state index contributed by atoms with van der Waals surface area (Å²) in [5.74, 6) is -1.52. The SMILES string of the molecule is C[C@H](Cc1cn(C(=O)O)c2ccccc12)NC(=O)C1(CC(CCc2ccccc2)C(=O)O)CCCC1. The first-order valence-electron chi connectivity index (χ1n) is 12.7. The van der Waals surface area contributed by atoms with Crippen molar-refractivity contribution in [2.45, 2.75) is 64.3 Å². The van der Waals surface area contributed by atoms with E-state index in [0.29, 0.717) is 44.0 Å². The highest BCUT2D eigenvalue weighted by molar-refractivity contribution is 5.91. The fourth-order valence-electron chi connectivity index (χ4n) is 5.67. The van der Waals surface area contributed by atoms with Gasteiger partial charge in [-0.2, -0.15) is 0 Å². The van der Waals surface area contributed by atoms with Gasteiger partial charge in [-0.1, -0.05) is 61.4 Å². The first-order chi connectivity index (χ1) is 17.3. The van der Waals surface area contributed by atoms with Crippen molar-refractivity contribution in [1.29, 1.82) is 0 Å². The second-order valence-corrected chi connectivity index (χ2v) is 10.2. The molecule has 4 rings (SSSR count). The van der Waals surface area contributed by atoms with Crippen LogP contribution in [-0.2, 0) is 22.4 Å². The monoisotopic (exact) mass is 490 g/mol. The molecular formula is C29H34N2O5. The molecule has 0 bridgehead atoms. The van der Waals surface area contributed by atoms with E-state index >= 15 is 0 Å². The highest BCUT2D eigenvalue weighted by Gasteiger charge is 2.44. The van der Waals surface area contributed by atoms with Crippen LogP contribution in [-0.4, -0.2) is 38.8 Å². The highest BCUT2D eigenvalue weighted by atomic mass is 16.4. The summed E-state index contributed by atoms with van der Waals surface area (Å²) in [6.07, 6.45) is 5.78. The van der Waals surface area contributed by atoms with Gasteiger partial charge in [0.2, 0.25) is 5.91 Å². The van der Waals surface area contributed by atoms with Gasteiger partial charge in [0.1, 0.15) is 0 Å². The number of nitrogens with one attached hydrogen (secondary N) is 1. The van der Waals surface area contributed by atoms with E-state index in [1.165, 1.54) is 4.57 Å². The summed E-state index contributed by atoms with van der Waals surface area (Å²) in [7, 11) is 0. The molecule has 0 aliphatic heterocycles. The number of hydrogen-bond acceptors (Lipinski definition) is 3. The van der Waals surface area contributed by atoms with Gasteiger partial charge >= 0.3 is 12.1 Å². The van der Waals surface area contributed by atoms with Crippen molar-refractivity contribution >= 4 is 28.9 Å². The lowest BCUT2D eigenvalue weighted by atomic mass is 9.75.